The van der Waals surface area contributed by atoms with Crippen molar-refractivity contribution in [1.82, 2.24) is 20.4 Å². The largest absolute Gasteiger partial charge is 0.357 e. The molecule has 0 aromatic heterocycles. The second kappa shape index (κ2) is 13.9. The number of nitrogens with one attached hydrogen (secondary N) is 2. The number of benzene rings is 1. The van der Waals surface area contributed by atoms with E-state index in [1.807, 2.05) is 4.90 Å². The first kappa shape index (κ1) is 26.7. The molecule has 0 aliphatic carbocycles. The van der Waals surface area contributed by atoms with Gasteiger partial charge in [0.15, 0.2) is 5.96 Å². The van der Waals surface area contributed by atoms with E-state index in [-0.39, 0.29) is 35.3 Å². The monoisotopic (exact) mass is 529 g/mol. The molecule has 170 valence electrons. The molecule has 1 aromatic rings. The molecule has 0 atom stereocenters. The molecule has 2 rings (SSSR count). The molecule has 30 heavy (non-hydrogen) atoms. The number of guanidine groups is 1. The molecule has 1 heterocycles. The minimum atomic E-state index is 0. The fraction of sp³-hybridized carbons (Fsp3) is 0.652. The van der Waals surface area contributed by atoms with Crippen LogP contribution in [0.3, 0.4) is 0 Å². The maximum absolute atomic E-state index is 11.5. The van der Waals surface area contributed by atoms with Crippen molar-refractivity contribution in [3.8, 4) is 0 Å². The standard InChI is InChI=1S/C23H39N5O.HI/c1-5-23(6-2,21-11-9-8-10-12-21)19-26-22(24-7-3)25-13-14-27-15-17-28(18-16-27)20(4)29;/h8-12H,5-7,13-19H2,1-4H3,(H2,24,25,26);1H. The topological polar surface area (TPSA) is 60.0 Å². The zero-order valence-corrected chi connectivity index (χ0v) is 21.4. The molecule has 0 spiro atoms. The van der Waals surface area contributed by atoms with E-state index in [0.29, 0.717) is 0 Å². The quantitative estimate of drug-likeness (QED) is 0.293. The van der Waals surface area contributed by atoms with Crippen molar-refractivity contribution >= 4 is 35.8 Å². The minimum absolute atomic E-state index is 0. The average molecular weight is 530 g/mol. The summed E-state index contributed by atoms with van der Waals surface area (Å²) in [6.45, 7) is 15.2. The first-order chi connectivity index (χ1) is 14.0. The second-order valence-corrected chi connectivity index (χ2v) is 7.82. The summed E-state index contributed by atoms with van der Waals surface area (Å²) >= 11 is 0. The van der Waals surface area contributed by atoms with Crippen LogP contribution in [-0.2, 0) is 10.2 Å². The van der Waals surface area contributed by atoms with Crippen LogP contribution >= 0.6 is 24.0 Å². The number of halogens is 1. The van der Waals surface area contributed by atoms with E-state index in [4.69, 9.17) is 4.99 Å². The number of amides is 1. The molecule has 1 aliphatic heterocycles. The average Bonchev–Trinajstić information content (AvgIpc) is 2.76. The Bertz CT molecular complexity index is 640. The van der Waals surface area contributed by atoms with Gasteiger partial charge in [0.1, 0.15) is 0 Å². The van der Waals surface area contributed by atoms with Crippen LogP contribution in [0.2, 0.25) is 0 Å². The van der Waals surface area contributed by atoms with E-state index in [2.05, 4.69) is 66.6 Å². The van der Waals surface area contributed by atoms with Crippen molar-refractivity contribution < 1.29 is 4.79 Å². The highest BCUT2D eigenvalue weighted by atomic mass is 127. The van der Waals surface area contributed by atoms with Gasteiger partial charge in [-0.05, 0) is 25.3 Å². The Morgan fingerprint density at radius 1 is 1.03 bits per heavy atom. The van der Waals surface area contributed by atoms with Crippen LogP contribution in [0.4, 0.5) is 0 Å². The summed E-state index contributed by atoms with van der Waals surface area (Å²) in [4.78, 5) is 20.7. The van der Waals surface area contributed by atoms with Crippen LogP contribution in [0.15, 0.2) is 35.3 Å². The number of rotatable bonds is 9. The maximum Gasteiger partial charge on any atom is 0.219 e. The number of carbonyl (C=O) groups excluding carboxylic acids is 1. The van der Waals surface area contributed by atoms with E-state index in [1.54, 1.807) is 6.92 Å². The Balaban J connectivity index is 0.00000450. The number of aliphatic imine (C=N–C) groups is 1. The zero-order valence-electron chi connectivity index (χ0n) is 19.1. The Kier molecular flexibility index (Phi) is 12.3. The normalized spacial score (nSPS) is 15.5. The Hall–Kier alpha value is -1.35. The molecule has 1 aliphatic rings. The number of carbonyl (C=O) groups is 1. The summed E-state index contributed by atoms with van der Waals surface area (Å²) in [5.41, 5.74) is 1.44. The van der Waals surface area contributed by atoms with Gasteiger partial charge in [-0.25, -0.2) is 0 Å². The molecular weight excluding hydrogens is 489 g/mol. The molecule has 1 amide bonds. The van der Waals surface area contributed by atoms with E-state index < -0.39 is 0 Å². The summed E-state index contributed by atoms with van der Waals surface area (Å²) in [6.07, 6.45) is 2.13. The number of piperazine rings is 1. The van der Waals surface area contributed by atoms with Crippen molar-refractivity contribution in [1.29, 1.82) is 0 Å². The van der Waals surface area contributed by atoms with E-state index in [1.165, 1.54) is 5.56 Å². The first-order valence-corrected chi connectivity index (χ1v) is 11.1. The van der Waals surface area contributed by atoms with Gasteiger partial charge < -0.3 is 15.5 Å². The van der Waals surface area contributed by atoms with Crippen LogP contribution < -0.4 is 10.6 Å². The fourth-order valence-electron chi connectivity index (χ4n) is 3.96. The van der Waals surface area contributed by atoms with Crippen LogP contribution in [-0.4, -0.2) is 74.0 Å². The SMILES string of the molecule is CCNC(=NCC(CC)(CC)c1ccccc1)NCCN1CCN(C(C)=O)CC1.I. The zero-order chi connectivity index (χ0) is 21.1. The fourth-order valence-corrected chi connectivity index (χ4v) is 3.96. The minimum Gasteiger partial charge on any atom is -0.357 e. The molecule has 7 heteroatoms. The lowest BCUT2D eigenvalue weighted by atomic mass is 9.76. The Morgan fingerprint density at radius 3 is 2.20 bits per heavy atom. The number of hydrogen-bond donors (Lipinski definition) is 2. The van der Waals surface area contributed by atoms with Gasteiger partial charge in [-0.3, -0.25) is 14.7 Å². The molecular formula is C23H40IN5O. The van der Waals surface area contributed by atoms with Gasteiger partial charge >= 0.3 is 0 Å². The molecule has 1 saturated heterocycles. The third kappa shape index (κ3) is 7.72. The van der Waals surface area contributed by atoms with E-state index >= 15 is 0 Å². The molecule has 1 aromatic carbocycles. The molecule has 0 saturated carbocycles. The summed E-state index contributed by atoms with van der Waals surface area (Å²) in [5.74, 6) is 1.06. The summed E-state index contributed by atoms with van der Waals surface area (Å²) in [5, 5.41) is 6.87. The van der Waals surface area contributed by atoms with Crippen molar-refractivity contribution in [3.05, 3.63) is 35.9 Å². The molecule has 1 fully saturated rings. The predicted molar refractivity (Wildman–Crippen MR) is 137 cm³/mol. The molecule has 0 radical (unpaired) electrons. The lowest BCUT2D eigenvalue weighted by molar-refractivity contribution is -0.130. The predicted octanol–water partition coefficient (Wildman–Crippen LogP) is 3.08. The van der Waals surface area contributed by atoms with Crippen molar-refractivity contribution in [3.63, 3.8) is 0 Å². The molecule has 0 bridgehead atoms. The van der Waals surface area contributed by atoms with Gasteiger partial charge in [0, 0.05) is 58.2 Å². The summed E-state index contributed by atoms with van der Waals surface area (Å²) in [6, 6.07) is 10.8. The smallest absolute Gasteiger partial charge is 0.219 e. The summed E-state index contributed by atoms with van der Waals surface area (Å²) in [7, 11) is 0. The van der Waals surface area contributed by atoms with E-state index in [9.17, 15) is 4.79 Å². The first-order valence-electron chi connectivity index (χ1n) is 11.1. The highest BCUT2D eigenvalue weighted by Crippen LogP contribution is 2.31. The molecule has 6 nitrogen and oxygen atoms in total. The van der Waals surface area contributed by atoms with Crippen LogP contribution in [0.5, 0.6) is 0 Å². The second-order valence-electron chi connectivity index (χ2n) is 7.82. The third-order valence-electron chi connectivity index (χ3n) is 6.16. The van der Waals surface area contributed by atoms with Gasteiger partial charge in [-0.15, -0.1) is 24.0 Å². The van der Waals surface area contributed by atoms with Crippen molar-refractivity contribution in [2.75, 3.05) is 52.4 Å². The van der Waals surface area contributed by atoms with Gasteiger partial charge in [0.2, 0.25) is 5.91 Å². The van der Waals surface area contributed by atoms with Gasteiger partial charge in [0.05, 0.1) is 6.54 Å². The van der Waals surface area contributed by atoms with Crippen molar-refractivity contribution in [2.24, 2.45) is 4.99 Å². The Morgan fingerprint density at radius 2 is 1.67 bits per heavy atom. The highest BCUT2D eigenvalue weighted by Gasteiger charge is 2.28. The summed E-state index contributed by atoms with van der Waals surface area (Å²) < 4.78 is 0. The van der Waals surface area contributed by atoms with Crippen LogP contribution in [0.25, 0.3) is 0 Å². The number of nitrogens with zero attached hydrogens (tertiary/aromatic N) is 3. The number of hydrogen-bond acceptors (Lipinski definition) is 3. The lowest BCUT2D eigenvalue weighted by Gasteiger charge is -2.34. The molecule has 0 unspecified atom stereocenters. The van der Waals surface area contributed by atoms with E-state index in [0.717, 1.165) is 71.2 Å². The third-order valence-corrected chi connectivity index (χ3v) is 6.16. The van der Waals surface area contributed by atoms with Gasteiger partial charge in [-0.2, -0.15) is 0 Å². The Labute approximate surface area is 199 Å². The van der Waals surface area contributed by atoms with Crippen molar-refractivity contribution in [2.45, 2.75) is 46.0 Å². The lowest BCUT2D eigenvalue weighted by Crippen LogP contribution is -2.50. The van der Waals surface area contributed by atoms with Gasteiger partial charge in [0.25, 0.3) is 0 Å². The van der Waals surface area contributed by atoms with Crippen LogP contribution in [0, 0.1) is 0 Å². The molecule has 2 N–H and O–H groups in total. The highest BCUT2D eigenvalue weighted by molar-refractivity contribution is 14.0. The maximum atomic E-state index is 11.5. The van der Waals surface area contributed by atoms with Gasteiger partial charge in [-0.1, -0.05) is 44.2 Å². The van der Waals surface area contributed by atoms with Crippen LogP contribution in [0.1, 0.15) is 46.1 Å².